The molecule has 206 valence electrons. The summed E-state index contributed by atoms with van der Waals surface area (Å²) in [5.74, 6) is -1.65. The Kier molecular flexibility index (Phi) is 10.3. The second-order valence-electron chi connectivity index (χ2n) is 9.57. The van der Waals surface area contributed by atoms with Crippen LogP contribution in [0.25, 0.3) is 5.57 Å². The molecule has 3 aliphatic rings. The first-order valence-corrected chi connectivity index (χ1v) is 12.6. The summed E-state index contributed by atoms with van der Waals surface area (Å²) in [6.45, 7) is -0.428. The highest BCUT2D eigenvalue weighted by molar-refractivity contribution is 5.91. The topological polar surface area (TPSA) is 150 Å². The van der Waals surface area contributed by atoms with Crippen LogP contribution in [-0.2, 0) is 28.5 Å². The van der Waals surface area contributed by atoms with Gasteiger partial charge in [0.2, 0.25) is 12.7 Å². The first-order valence-electron chi connectivity index (χ1n) is 12.6. The summed E-state index contributed by atoms with van der Waals surface area (Å²) in [6.07, 6.45) is 8.90. The number of halogens is 1. The molecule has 1 aromatic carbocycles. The number of allylic oxidation sites excluding steroid dienone is 2. The molecule has 1 unspecified atom stereocenters. The van der Waals surface area contributed by atoms with Crippen LogP contribution in [0.5, 0.6) is 0 Å². The van der Waals surface area contributed by atoms with E-state index >= 15 is 0 Å². The molecular weight excluding hydrogens is 514 g/mol. The molecule has 11 heteroatoms. The van der Waals surface area contributed by atoms with E-state index in [0.717, 1.165) is 36.8 Å². The average molecular weight is 548 g/mol. The maximum absolute atomic E-state index is 12.4. The monoisotopic (exact) mass is 547 g/mol. The third-order valence-electron chi connectivity index (χ3n) is 6.92. The average Bonchev–Trinajstić information content (AvgIpc) is 3.53. The van der Waals surface area contributed by atoms with Crippen LogP contribution in [0.4, 0.5) is 4.79 Å². The number of esters is 1. The van der Waals surface area contributed by atoms with Gasteiger partial charge in [-0.25, -0.2) is 4.79 Å². The lowest BCUT2D eigenvalue weighted by atomic mass is 9.88. The largest absolute Gasteiger partial charge is 0.511 e. The third kappa shape index (κ3) is 7.58. The van der Waals surface area contributed by atoms with Gasteiger partial charge >= 0.3 is 12.1 Å². The van der Waals surface area contributed by atoms with E-state index in [1.165, 1.54) is 0 Å². The highest BCUT2D eigenvalue weighted by atomic mass is 35.5. The highest BCUT2D eigenvalue weighted by Crippen LogP contribution is 2.31. The molecular formula is C27H34ClN3O7. The van der Waals surface area contributed by atoms with Crippen molar-refractivity contribution in [3.8, 4) is 0 Å². The van der Waals surface area contributed by atoms with Gasteiger partial charge in [0.1, 0.15) is 17.5 Å². The lowest BCUT2D eigenvalue weighted by molar-refractivity contribution is -0.155. The van der Waals surface area contributed by atoms with Gasteiger partial charge in [-0.3, -0.25) is 15.0 Å². The minimum atomic E-state index is -1.09. The SMILES string of the molecule is Cl.N=C(N)C1(OC[C@@H]2C[C@@H](CC(=O)OCOC(=O)OC3CCCC3)C(=O)N2)C=CC(c2ccccc2)=CC1. The first-order chi connectivity index (χ1) is 17.8. The van der Waals surface area contributed by atoms with Crippen LogP contribution in [0.2, 0.25) is 0 Å². The van der Waals surface area contributed by atoms with Gasteiger partial charge in [0.25, 0.3) is 0 Å². The van der Waals surface area contributed by atoms with Crippen molar-refractivity contribution in [3.05, 3.63) is 54.1 Å². The summed E-state index contributed by atoms with van der Waals surface area (Å²) in [7, 11) is 0. The van der Waals surface area contributed by atoms with Crippen LogP contribution in [-0.4, -0.2) is 55.0 Å². The van der Waals surface area contributed by atoms with Crippen LogP contribution < -0.4 is 11.1 Å². The Balaban J connectivity index is 0.00000400. The fourth-order valence-corrected chi connectivity index (χ4v) is 4.79. The predicted octanol–water partition coefficient (Wildman–Crippen LogP) is 3.63. The van der Waals surface area contributed by atoms with Crippen molar-refractivity contribution >= 4 is 41.8 Å². The number of nitrogens with one attached hydrogen (secondary N) is 2. The van der Waals surface area contributed by atoms with Gasteiger partial charge in [0.15, 0.2) is 0 Å². The molecule has 0 bridgehead atoms. The number of hydrogen-bond acceptors (Lipinski definition) is 8. The van der Waals surface area contributed by atoms with E-state index in [4.69, 9.17) is 30.1 Å². The summed E-state index contributed by atoms with van der Waals surface area (Å²) >= 11 is 0. The van der Waals surface area contributed by atoms with Crippen molar-refractivity contribution < 1.29 is 33.3 Å². The van der Waals surface area contributed by atoms with Crippen molar-refractivity contribution in [2.24, 2.45) is 11.7 Å². The van der Waals surface area contributed by atoms with Crippen molar-refractivity contribution in [1.82, 2.24) is 5.32 Å². The summed E-state index contributed by atoms with van der Waals surface area (Å²) in [4.78, 5) is 36.2. The number of carbonyl (C=O) groups excluding carboxylic acids is 3. The van der Waals surface area contributed by atoms with Crippen molar-refractivity contribution in [3.63, 3.8) is 0 Å². The molecule has 1 saturated heterocycles. The molecule has 0 aromatic heterocycles. The Morgan fingerprint density at radius 3 is 2.53 bits per heavy atom. The molecule has 3 atom stereocenters. The number of carbonyl (C=O) groups is 3. The van der Waals surface area contributed by atoms with E-state index in [2.05, 4.69) is 5.32 Å². The van der Waals surface area contributed by atoms with E-state index in [1.807, 2.05) is 42.5 Å². The number of hydrogen-bond donors (Lipinski definition) is 3. The standard InChI is InChI=1S/C27H33N3O7.ClH/c28-25(29)27(12-10-19(11-13-27)18-6-2-1-3-7-18)36-16-21-14-20(24(32)30-21)15-23(31)34-17-35-26(33)37-22-8-4-5-9-22;/h1-3,6-7,10-12,20-22H,4-5,8-9,13-17H2,(H3,28,29)(H,30,32);1H/t20-,21-,27?;/m0./s1. The lowest BCUT2D eigenvalue weighted by Crippen LogP contribution is -2.47. The Hall–Kier alpha value is -3.37. The lowest BCUT2D eigenvalue weighted by Gasteiger charge is -2.32. The van der Waals surface area contributed by atoms with Crippen molar-refractivity contribution in [2.75, 3.05) is 13.4 Å². The summed E-state index contributed by atoms with van der Waals surface area (Å²) in [5.41, 5.74) is 6.87. The zero-order valence-electron chi connectivity index (χ0n) is 21.1. The normalized spacial score (nSPS) is 24.6. The second kappa shape index (κ2) is 13.4. The van der Waals surface area contributed by atoms with Crippen molar-refractivity contribution in [2.45, 2.75) is 62.7 Å². The maximum atomic E-state index is 12.4. The Bertz CT molecular complexity index is 1070. The Morgan fingerprint density at radius 1 is 1.13 bits per heavy atom. The van der Waals surface area contributed by atoms with Gasteiger partial charge < -0.3 is 30.0 Å². The van der Waals surface area contributed by atoms with Gasteiger partial charge in [0.05, 0.1) is 25.0 Å². The van der Waals surface area contributed by atoms with E-state index in [9.17, 15) is 14.4 Å². The molecule has 1 amide bonds. The fraction of sp³-hybridized carbons (Fsp3) is 0.481. The summed E-state index contributed by atoms with van der Waals surface area (Å²) < 4.78 is 20.9. The van der Waals surface area contributed by atoms with Gasteiger partial charge in [-0.05, 0) is 49.3 Å². The zero-order valence-corrected chi connectivity index (χ0v) is 21.9. The summed E-state index contributed by atoms with van der Waals surface area (Å²) in [6, 6.07) is 9.54. The highest BCUT2D eigenvalue weighted by Gasteiger charge is 2.38. The van der Waals surface area contributed by atoms with Gasteiger partial charge in [-0.1, -0.05) is 42.5 Å². The molecule has 2 fully saturated rings. The molecule has 0 spiro atoms. The van der Waals surface area contributed by atoms with Gasteiger partial charge in [-0.15, -0.1) is 12.4 Å². The number of benzene rings is 1. The number of nitrogens with two attached hydrogens (primary N) is 1. The third-order valence-corrected chi connectivity index (χ3v) is 6.92. The van der Waals surface area contributed by atoms with E-state index < -0.39 is 30.4 Å². The Labute approximate surface area is 227 Å². The molecule has 1 aliphatic heterocycles. The van der Waals surface area contributed by atoms with Crippen LogP contribution in [0, 0.1) is 11.3 Å². The van der Waals surface area contributed by atoms with E-state index in [0.29, 0.717) is 12.8 Å². The maximum Gasteiger partial charge on any atom is 0.511 e. The molecule has 1 aromatic rings. The van der Waals surface area contributed by atoms with Crippen molar-refractivity contribution in [1.29, 1.82) is 5.41 Å². The molecule has 0 radical (unpaired) electrons. The van der Waals surface area contributed by atoms with E-state index in [1.54, 1.807) is 6.08 Å². The predicted molar refractivity (Wildman–Crippen MR) is 141 cm³/mol. The smallest absolute Gasteiger partial charge is 0.431 e. The van der Waals surface area contributed by atoms with E-state index in [-0.39, 0.29) is 49.3 Å². The van der Waals surface area contributed by atoms with Crippen LogP contribution in [0.1, 0.15) is 50.5 Å². The number of amides is 1. The quantitative estimate of drug-likeness (QED) is 0.174. The molecule has 4 rings (SSSR count). The minimum Gasteiger partial charge on any atom is -0.431 e. The van der Waals surface area contributed by atoms with Crippen LogP contribution in [0.3, 0.4) is 0 Å². The number of amidine groups is 1. The van der Waals surface area contributed by atoms with Crippen LogP contribution in [0.15, 0.2) is 48.6 Å². The fourth-order valence-electron chi connectivity index (χ4n) is 4.79. The van der Waals surface area contributed by atoms with Crippen LogP contribution >= 0.6 is 12.4 Å². The second-order valence-corrected chi connectivity index (χ2v) is 9.57. The summed E-state index contributed by atoms with van der Waals surface area (Å²) in [5, 5.41) is 10.9. The minimum absolute atomic E-state index is 0. The Morgan fingerprint density at radius 2 is 1.87 bits per heavy atom. The van der Waals surface area contributed by atoms with Gasteiger partial charge in [0, 0.05) is 6.42 Å². The molecule has 4 N–H and O–H groups in total. The van der Waals surface area contributed by atoms with Gasteiger partial charge in [-0.2, -0.15) is 0 Å². The molecule has 1 saturated carbocycles. The number of rotatable bonds is 10. The number of ether oxygens (including phenoxy) is 4. The molecule has 10 nitrogen and oxygen atoms in total. The zero-order chi connectivity index (χ0) is 26.3. The first kappa shape index (κ1) is 29.2. The molecule has 1 heterocycles. The molecule has 38 heavy (non-hydrogen) atoms. The molecule has 2 aliphatic carbocycles.